The summed E-state index contributed by atoms with van der Waals surface area (Å²) in [6, 6.07) is 18.7. The van der Waals surface area contributed by atoms with Gasteiger partial charge in [0.05, 0.1) is 12.6 Å². The molecule has 0 aliphatic heterocycles. The third-order valence-corrected chi connectivity index (χ3v) is 6.33. The summed E-state index contributed by atoms with van der Waals surface area (Å²) in [7, 11) is 4.18. The second-order valence-corrected chi connectivity index (χ2v) is 8.80. The van der Waals surface area contributed by atoms with E-state index in [-0.39, 0.29) is 11.3 Å². The van der Waals surface area contributed by atoms with Crippen molar-refractivity contribution in [1.29, 1.82) is 0 Å². The molecule has 0 saturated carbocycles. The van der Waals surface area contributed by atoms with Crippen LogP contribution in [0, 0.1) is 0 Å². The van der Waals surface area contributed by atoms with Crippen LogP contribution in [0.4, 0.5) is 0 Å². The highest BCUT2D eigenvalue weighted by atomic mass is 35.5. The largest absolute Gasteiger partial charge is 0.300 e. The number of halogens is 1. The van der Waals surface area contributed by atoms with Crippen LogP contribution in [0.2, 0.25) is 5.02 Å². The van der Waals surface area contributed by atoms with Crippen molar-refractivity contribution in [1.82, 2.24) is 19.7 Å². The molecule has 0 fully saturated rings. The van der Waals surface area contributed by atoms with Gasteiger partial charge in [0.2, 0.25) is 0 Å². The van der Waals surface area contributed by atoms with Crippen LogP contribution in [0.25, 0.3) is 0 Å². The maximum Gasteiger partial charge on any atom is 0.192 e. The molecule has 0 saturated heterocycles. The van der Waals surface area contributed by atoms with Gasteiger partial charge in [-0.15, -0.1) is 10.2 Å². The van der Waals surface area contributed by atoms with E-state index in [0.717, 1.165) is 34.5 Å². The minimum atomic E-state index is 0.180. The number of hydrogen-bond acceptors (Lipinski definition) is 4. The molecule has 2 atom stereocenters. The van der Waals surface area contributed by atoms with E-state index < -0.39 is 0 Å². The summed E-state index contributed by atoms with van der Waals surface area (Å²) in [4.78, 5) is 2.21. The number of rotatable bonds is 8. The number of thioether (sulfide) groups is 1. The Hall–Kier alpha value is -1.82. The van der Waals surface area contributed by atoms with E-state index in [9.17, 15) is 0 Å². The molecule has 148 valence electrons. The van der Waals surface area contributed by atoms with Gasteiger partial charge in [0.15, 0.2) is 11.0 Å². The molecule has 2 aromatic carbocycles. The van der Waals surface area contributed by atoms with Crippen molar-refractivity contribution in [2.75, 3.05) is 14.1 Å². The molecule has 0 unspecified atom stereocenters. The third-order valence-electron chi connectivity index (χ3n) is 4.86. The molecule has 0 N–H and O–H groups in total. The average Bonchev–Trinajstić information content (AvgIpc) is 3.05. The van der Waals surface area contributed by atoms with Crippen molar-refractivity contribution in [2.45, 2.75) is 43.3 Å². The van der Waals surface area contributed by atoms with Crippen molar-refractivity contribution < 1.29 is 0 Å². The van der Waals surface area contributed by atoms with Crippen molar-refractivity contribution >= 4 is 23.4 Å². The van der Waals surface area contributed by atoms with Gasteiger partial charge in [0, 0.05) is 10.3 Å². The summed E-state index contributed by atoms with van der Waals surface area (Å²) in [5.74, 6) is 1.00. The average molecular weight is 415 g/mol. The molecular formula is C22H27ClN4S. The first kappa shape index (κ1) is 20.9. The first-order valence-electron chi connectivity index (χ1n) is 9.55. The van der Waals surface area contributed by atoms with E-state index in [1.54, 1.807) is 11.8 Å². The highest BCUT2D eigenvalue weighted by Crippen LogP contribution is 2.38. The summed E-state index contributed by atoms with van der Waals surface area (Å²) in [5, 5.41) is 11.0. The van der Waals surface area contributed by atoms with Gasteiger partial charge < -0.3 is 4.57 Å². The van der Waals surface area contributed by atoms with Crippen molar-refractivity contribution in [3.8, 4) is 0 Å². The molecule has 4 nitrogen and oxygen atoms in total. The maximum absolute atomic E-state index is 6.41. The molecule has 0 radical (unpaired) electrons. The van der Waals surface area contributed by atoms with Crippen LogP contribution >= 0.6 is 23.4 Å². The summed E-state index contributed by atoms with van der Waals surface area (Å²) in [6.07, 6.45) is 0.977. The topological polar surface area (TPSA) is 34.0 Å². The molecule has 28 heavy (non-hydrogen) atoms. The van der Waals surface area contributed by atoms with Crippen molar-refractivity contribution in [3.05, 3.63) is 76.6 Å². The fraction of sp³-hybridized carbons (Fsp3) is 0.364. The summed E-state index contributed by atoms with van der Waals surface area (Å²) in [6.45, 7) is 5.10. The van der Waals surface area contributed by atoms with Crippen LogP contribution in [-0.4, -0.2) is 33.8 Å². The Morgan fingerprint density at radius 3 is 2.36 bits per heavy atom. The fourth-order valence-electron chi connectivity index (χ4n) is 3.35. The van der Waals surface area contributed by atoms with Crippen LogP contribution in [0.1, 0.15) is 48.5 Å². The Balaban J connectivity index is 1.96. The van der Waals surface area contributed by atoms with Gasteiger partial charge in [-0.1, -0.05) is 78.8 Å². The lowest BCUT2D eigenvalue weighted by Crippen LogP contribution is -2.23. The van der Waals surface area contributed by atoms with Gasteiger partial charge in [-0.25, -0.2) is 0 Å². The van der Waals surface area contributed by atoms with Gasteiger partial charge in [0.1, 0.15) is 0 Å². The Kier molecular flexibility index (Phi) is 7.16. The lowest BCUT2D eigenvalue weighted by molar-refractivity contribution is 0.272. The van der Waals surface area contributed by atoms with Crippen molar-refractivity contribution in [2.24, 2.45) is 0 Å². The van der Waals surface area contributed by atoms with Crippen LogP contribution in [0.15, 0.2) is 59.8 Å². The number of nitrogens with zero attached hydrogens (tertiary/aromatic N) is 4. The highest BCUT2D eigenvalue weighted by Gasteiger charge is 2.24. The zero-order chi connectivity index (χ0) is 20.1. The zero-order valence-corrected chi connectivity index (χ0v) is 18.4. The molecular weight excluding hydrogens is 388 g/mol. The Labute approximate surface area is 176 Å². The van der Waals surface area contributed by atoms with Gasteiger partial charge in [0.25, 0.3) is 0 Å². The quantitative estimate of drug-likeness (QED) is 0.433. The Bertz CT molecular complexity index is 895. The van der Waals surface area contributed by atoms with E-state index in [2.05, 4.69) is 77.9 Å². The summed E-state index contributed by atoms with van der Waals surface area (Å²) in [5.41, 5.74) is 2.36. The zero-order valence-electron chi connectivity index (χ0n) is 16.8. The minimum absolute atomic E-state index is 0.180. The lowest BCUT2D eigenvalue weighted by Gasteiger charge is -2.23. The normalized spacial score (nSPS) is 13.6. The molecule has 1 aromatic heterocycles. The highest BCUT2D eigenvalue weighted by molar-refractivity contribution is 7.99. The molecule has 1 heterocycles. The number of aromatic nitrogens is 3. The molecule has 0 aliphatic carbocycles. The molecule has 3 aromatic rings. The number of hydrogen-bond donors (Lipinski definition) is 0. The van der Waals surface area contributed by atoms with Gasteiger partial charge in [-0.3, -0.25) is 4.90 Å². The third kappa shape index (κ3) is 4.77. The van der Waals surface area contributed by atoms with Gasteiger partial charge in [-0.2, -0.15) is 0 Å². The molecule has 0 aliphatic rings. The van der Waals surface area contributed by atoms with Crippen LogP contribution in [0.5, 0.6) is 0 Å². The standard InChI is InChI=1S/C22H27ClN4S/c1-5-20(26(3)4)21-24-25-22(27(21)15-17-11-7-6-8-12-17)28-16(2)18-13-9-10-14-19(18)23/h6-14,16,20H,5,15H2,1-4H3/t16-,20-/m0/s1. The summed E-state index contributed by atoms with van der Waals surface area (Å²) < 4.78 is 2.25. The van der Waals surface area contributed by atoms with E-state index in [4.69, 9.17) is 11.6 Å². The maximum atomic E-state index is 6.41. The smallest absolute Gasteiger partial charge is 0.192 e. The first-order valence-corrected chi connectivity index (χ1v) is 10.8. The Morgan fingerprint density at radius 2 is 1.71 bits per heavy atom. The Morgan fingerprint density at radius 1 is 1.04 bits per heavy atom. The van der Waals surface area contributed by atoms with E-state index in [0.29, 0.717) is 0 Å². The van der Waals surface area contributed by atoms with Crippen LogP contribution < -0.4 is 0 Å². The SMILES string of the molecule is CC[C@@H](c1nnc(S[C@@H](C)c2ccccc2Cl)n1Cc1ccccc1)N(C)C. The summed E-state index contributed by atoms with van der Waals surface area (Å²) >= 11 is 8.12. The van der Waals surface area contributed by atoms with E-state index in [1.807, 2.05) is 24.3 Å². The first-order chi connectivity index (χ1) is 13.5. The van der Waals surface area contributed by atoms with Crippen molar-refractivity contribution in [3.63, 3.8) is 0 Å². The van der Waals surface area contributed by atoms with E-state index >= 15 is 0 Å². The van der Waals surface area contributed by atoms with Gasteiger partial charge >= 0.3 is 0 Å². The predicted octanol–water partition coefficient (Wildman–Crippen LogP) is 5.85. The lowest BCUT2D eigenvalue weighted by atomic mass is 10.2. The second kappa shape index (κ2) is 9.59. The fourth-order valence-corrected chi connectivity index (χ4v) is 4.74. The second-order valence-electron chi connectivity index (χ2n) is 7.08. The molecule has 3 rings (SSSR count). The monoisotopic (exact) mass is 414 g/mol. The number of benzene rings is 2. The molecule has 0 amide bonds. The van der Waals surface area contributed by atoms with Gasteiger partial charge in [-0.05, 0) is 44.6 Å². The minimum Gasteiger partial charge on any atom is -0.300 e. The predicted molar refractivity (Wildman–Crippen MR) is 118 cm³/mol. The molecule has 0 bridgehead atoms. The van der Waals surface area contributed by atoms with Crippen LogP contribution in [0.3, 0.4) is 0 Å². The van der Waals surface area contributed by atoms with Crippen LogP contribution in [-0.2, 0) is 6.54 Å². The van der Waals surface area contributed by atoms with E-state index in [1.165, 1.54) is 5.56 Å². The molecule has 0 spiro atoms. The molecule has 6 heteroatoms.